The van der Waals surface area contributed by atoms with Crippen molar-refractivity contribution < 1.29 is 8.42 Å². The van der Waals surface area contributed by atoms with Gasteiger partial charge in [0.2, 0.25) is 0 Å². The molecule has 0 amide bonds. The Morgan fingerprint density at radius 3 is 2.42 bits per heavy atom. The van der Waals surface area contributed by atoms with E-state index >= 15 is 0 Å². The summed E-state index contributed by atoms with van der Waals surface area (Å²) in [5.74, 6) is 0.769. The summed E-state index contributed by atoms with van der Waals surface area (Å²) < 4.78 is 25.0. The summed E-state index contributed by atoms with van der Waals surface area (Å²) in [7, 11) is -3.16. The lowest BCUT2D eigenvalue weighted by Gasteiger charge is -2.11. The van der Waals surface area contributed by atoms with E-state index in [9.17, 15) is 8.42 Å². The van der Waals surface area contributed by atoms with Crippen LogP contribution >= 0.6 is 0 Å². The summed E-state index contributed by atoms with van der Waals surface area (Å²) in [6.45, 7) is 4.17. The normalized spacial score (nSPS) is 12.0. The molecule has 7 nitrogen and oxygen atoms in total. The molecular formula is C23H29N5O2S. The SMILES string of the molecule is CCNC(=NCCc1ccc(S(C)(=O)=O)cc1)NCCc1cnn(-c2ccccc2)c1. The van der Waals surface area contributed by atoms with Gasteiger partial charge in [0.1, 0.15) is 0 Å². The van der Waals surface area contributed by atoms with Gasteiger partial charge < -0.3 is 10.6 Å². The average Bonchev–Trinajstić information content (AvgIpc) is 3.23. The van der Waals surface area contributed by atoms with Crippen LogP contribution in [0, 0.1) is 0 Å². The molecule has 8 heteroatoms. The Kier molecular flexibility index (Phi) is 7.83. The maximum absolute atomic E-state index is 11.6. The number of nitrogens with zero attached hydrogens (tertiary/aromatic N) is 3. The Morgan fingerprint density at radius 1 is 1.00 bits per heavy atom. The molecule has 31 heavy (non-hydrogen) atoms. The van der Waals surface area contributed by atoms with Gasteiger partial charge in [0.25, 0.3) is 0 Å². The molecular weight excluding hydrogens is 410 g/mol. The van der Waals surface area contributed by atoms with Crippen LogP contribution in [0.3, 0.4) is 0 Å². The van der Waals surface area contributed by atoms with Gasteiger partial charge in [-0.15, -0.1) is 0 Å². The van der Waals surface area contributed by atoms with E-state index in [1.54, 1.807) is 12.1 Å². The number of hydrogen-bond acceptors (Lipinski definition) is 4. The number of benzene rings is 2. The fourth-order valence-corrected chi connectivity index (χ4v) is 3.71. The molecule has 3 aromatic rings. The van der Waals surface area contributed by atoms with Crippen molar-refractivity contribution in [1.82, 2.24) is 20.4 Å². The molecule has 0 aliphatic carbocycles. The van der Waals surface area contributed by atoms with Crippen molar-refractivity contribution in [2.45, 2.75) is 24.7 Å². The summed E-state index contributed by atoms with van der Waals surface area (Å²) in [6.07, 6.45) is 6.72. The van der Waals surface area contributed by atoms with E-state index < -0.39 is 9.84 Å². The van der Waals surface area contributed by atoms with Gasteiger partial charge in [0.15, 0.2) is 15.8 Å². The highest BCUT2D eigenvalue weighted by atomic mass is 32.2. The first-order valence-electron chi connectivity index (χ1n) is 10.4. The number of hydrogen-bond donors (Lipinski definition) is 2. The molecule has 1 aromatic heterocycles. The summed E-state index contributed by atoms with van der Waals surface area (Å²) >= 11 is 0. The number of sulfone groups is 1. The van der Waals surface area contributed by atoms with Crippen LogP contribution in [0.15, 0.2) is 76.9 Å². The van der Waals surface area contributed by atoms with E-state index in [0.717, 1.165) is 48.7 Å². The van der Waals surface area contributed by atoms with Gasteiger partial charge in [0, 0.05) is 32.1 Å². The molecule has 0 bridgehead atoms. The molecule has 2 N–H and O–H groups in total. The van der Waals surface area contributed by atoms with Crippen LogP contribution in [0.25, 0.3) is 5.69 Å². The number of aliphatic imine (C=N–C) groups is 1. The quantitative estimate of drug-likeness (QED) is 0.395. The van der Waals surface area contributed by atoms with Gasteiger partial charge >= 0.3 is 0 Å². The number of nitrogens with one attached hydrogen (secondary N) is 2. The second-order valence-corrected chi connectivity index (χ2v) is 9.25. The predicted octanol–water partition coefficient (Wildman–Crippen LogP) is 2.62. The highest BCUT2D eigenvalue weighted by molar-refractivity contribution is 7.90. The third-order valence-corrected chi connectivity index (χ3v) is 5.86. The van der Waals surface area contributed by atoms with Crippen LogP contribution in [-0.4, -0.2) is 50.0 Å². The molecule has 0 aliphatic heterocycles. The molecule has 0 saturated heterocycles. The molecule has 3 rings (SSSR count). The summed E-state index contributed by atoms with van der Waals surface area (Å²) in [4.78, 5) is 4.96. The van der Waals surface area contributed by atoms with E-state index in [1.807, 2.05) is 66.5 Å². The molecule has 0 radical (unpaired) electrons. The standard InChI is InChI=1S/C23H29N5O2S/c1-3-24-23(25-15-13-19-9-11-22(12-10-19)31(2,29)30)26-16-14-20-17-27-28(18-20)21-7-5-4-6-8-21/h4-12,17-18H,3,13-16H2,1-2H3,(H2,24,25,26). The third kappa shape index (κ3) is 6.96. The van der Waals surface area contributed by atoms with Crippen LogP contribution < -0.4 is 10.6 Å². The van der Waals surface area contributed by atoms with Crippen molar-refractivity contribution in [3.05, 3.63) is 78.1 Å². The lowest BCUT2D eigenvalue weighted by atomic mass is 10.1. The summed E-state index contributed by atoms with van der Waals surface area (Å²) in [5.41, 5.74) is 3.25. The maximum Gasteiger partial charge on any atom is 0.191 e. The Hall–Kier alpha value is -3.13. The van der Waals surface area contributed by atoms with Crippen molar-refractivity contribution >= 4 is 15.8 Å². The Bertz CT molecular complexity index is 1090. The minimum Gasteiger partial charge on any atom is -0.357 e. The van der Waals surface area contributed by atoms with Crippen molar-refractivity contribution in [1.29, 1.82) is 0 Å². The van der Waals surface area contributed by atoms with Gasteiger partial charge in [-0.25, -0.2) is 13.1 Å². The zero-order valence-electron chi connectivity index (χ0n) is 18.0. The van der Waals surface area contributed by atoms with E-state index in [1.165, 1.54) is 6.26 Å². The highest BCUT2D eigenvalue weighted by Crippen LogP contribution is 2.11. The lowest BCUT2D eigenvalue weighted by Crippen LogP contribution is -2.38. The minimum atomic E-state index is -3.16. The van der Waals surface area contributed by atoms with E-state index in [4.69, 9.17) is 0 Å². The summed E-state index contributed by atoms with van der Waals surface area (Å²) in [6, 6.07) is 17.0. The second-order valence-electron chi connectivity index (χ2n) is 7.23. The minimum absolute atomic E-state index is 0.338. The number of para-hydroxylation sites is 1. The molecule has 164 valence electrons. The highest BCUT2D eigenvalue weighted by Gasteiger charge is 2.06. The molecule has 2 aromatic carbocycles. The molecule has 0 saturated carbocycles. The first kappa shape index (κ1) is 22.6. The predicted molar refractivity (Wildman–Crippen MR) is 125 cm³/mol. The largest absolute Gasteiger partial charge is 0.357 e. The maximum atomic E-state index is 11.6. The Morgan fingerprint density at radius 2 is 1.74 bits per heavy atom. The number of guanidine groups is 1. The number of rotatable bonds is 9. The molecule has 0 fully saturated rings. The van der Waals surface area contributed by atoms with E-state index in [0.29, 0.717) is 11.4 Å². The second kappa shape index (κ2) is 10.8. The molecule has 0 unspecified atom stereocenters. The van der Waals surface area contributed by atoms with Crippen LogP contribution in [-0.2, 0) is 22.7 Å². The monoisotopic (exact) mass is 439 g/mol. The van der Waals surface area contributed by atoms with E-state index in [-0.39, 0.29) is 0 Å². The van der Waals surface area contributed by atoms with Gasteiger partial charge in [-0.1, -0.05) is 30.3 Å². The molecule has 0 aliphatic rings. The average molecular weight is 440 g/mol. The van der Waals surface area contributed by atoms with Gasteiger partial charge in [-0.05, 0) is 55.2 Å². The van der Waals surface area contributed by atoms with Crippen LogP contribution in [0.4, 0.5) is 0 Å². The zero-order valence-corrected chi connectivity index (χ0v) is 18.8. The van der Waals surface area contributed by atoms with Crippen molar-refractivity contribution in [3.8, 4) is 5.69 Å². The van der Waals surface area contributed by atoms with Crippen molar-refractivity contribution in [2.24, 2.45) is 4.99 Å². The van der Waals surface area contributed by atoms with Crippen LogP contribution in [0.5, 0.6) is 0 Å². The Balaban J connectivity index is 1.49. The van der Waals surface area contributed by atoms with Gasteiger partial charge in [0.05, 0.1) is 16.8 Å². The number of aromatic nitrogens is 2. The smallest absolute Gasteiger partial charge is 0.191 e. The summed E-state index contributed by atoms with van der Waals surface area (Å²) in [5, 5.41) is 11.0. The lowest BCUT2D eigenvalue weighted by molar-refractivity contribution is 0.602. The zero-order chi connectivity index (χ0) is 22.1. The van der Waals surface area contributed by atoms with Crippen LogP contribution in [0.1, 0.15) is 18.1 Å². The third-order valence-electron chi connectivity index (χ3n) is 4.73. The topological polar surface area (TPSA) is 88.4 Å². The Labute approximate surface area is 184 Å². The first-order valence-corrected chi connectivity index (χ1v) is 12.2. The van der Waals surface area contributed by atoms with E-state index in [2.05, 4.69) is 20.7 Å². The van der Waals surface area contributed by atoms with Gasteiger partial charge in [-0.3, -0.25) is 4.99 Å². The molecule has 1 heterocycles. The molecule has 0 atom stereocenters. The van der Waals surface area contributed by atoms with Gasteiger partial charge in [-0.2, -0.15) is 5.10 Å². The molecule has 0 spiro atoms. The first-order chi connectivity index (χ1) is 15.0. The van der Waals surface area contributed by atoms with Crippen LogP contribution in [0.2, 0.25) is 0 Å². The fourth-order valence-electron chi connectivity index (χ4n) is 3.08. The van der Waals surface area contributed by atoms with Crippen molar-refractivity contribution in [2.75, 3.05) is 25.9 Å². The van der Waals surface area contributed by atoms with Crippen molar-refractivity contribution in [3.63, 3.8) is 0 Å². The fraction of sp³-hybridized carbons (Fsp3) is 0.304.